The summed E-state index contributed by atoms with van der Waals surface area (Å²) in [6, 6.07) is 4.90. The van der Waals surface area contributed by atoms with Gasteiger partial charge in [0.2, 0.25) is 0 Å². The van der Waals surface area contributed by atoms with Crippen molar-refractivity contribution in [3.63, 3.8) is 0 Å². The zero-order chi connectivity index (χ0) is 10.4. The highest BCUT2D eigenvalue weighted by molar-refractivity contribution is 6.34. The average Bonchev–Trinajstić information content (AvgIpc) is 2.63. The van der Waals surface area contributed by atoms with E-state index in [0.717, 1.165) is 18.1 Å². The van der Waals surface area contributed by atoms with E-state index in [1.807, 2.05) is 0 Å². The fourth-order valence-electron chi connectivity index (χ4n) is 2.73. The monoisotopic (exact) mass is 222 g/mol. The number of hydrogen-bond acceptors (Lipinski definition) is 2. The summed E-state index contributed by atoms with van der Waals surface area (Å²) in [5, 5.41) is 4.38. The van der Waals surface area contributed by atoms with Gasteiger partial charge >= 0.3 is 0 Å². The molecule has 2 heterocycles. The van der Waals surface area contributed by atoms with Crippen LogP contribution in [0.15, 0.2) is 12.1 Å². The predicted octanol–water partition coefficient (Wildman–Crippen LogP) is 3.04. The summed E-state index contributed by atoms with van der Waals surface area (Å²) in [4.78, 5) is 2.47. The molecule has 1 saturated heterocycles. The molecule has 0 aromatic heterocycles. The first-order valence-electron chi connectivity index (χ1n) is 5.56. The lowest BCUT2D eigenvalue weighted by Gasteiger charge is -2.35. The van der Waals surface area contributed by atoms with Gasteiger partial charge in [-0.3, -0.25) is 0 Å². The van der Waals surface area contributed by atoms with Crippen LogP contribution in [0.25, 0.3) is 0 Å². The molecular formula is C12H15ClN2. The number of benzene rings is 1. The third-order valence-corrected chi connectivity index (χ3v) is 3.69. The normalized spacial score (nSPS) is 23.3. The van der Waals surface area contributed by atoms with E-state index in [2.05, 4.69) is 29.3 Å². The molecule has 15 heavy (non-hydrogen) atoms. The maximum atomic E-state index is 6.33. The predicted molar refractivity (Wildman–Crippen MR) is 65.0 cm³/mol. The van der Waals surface area contributed by atoms with Gasteiger partial charge in [-0.2, -0.15) is 0 Å². The number of anilines is 2. The molecule has 2 aliphatic rings. The molecule has 0 amide bonds. The highest BCUT2D eigenvalue weighted by atomic mass is 35.5. The molecule has 1 unspecified atom stereocenters. The molecule has 1 fully saturated rings. The van der Waals surface area contributed by atoms with E-state index < -0.39 is 0 Å². The molecule has 2 nitrogen and oxygen atoms in total. The number of nitrogens with one attached hydrogen (secondary N) is 1. The molecule has 0 spiro atoms. The van der Waals surface area contributed by atoms with Crippen molar-refractivity contribution in [2.75, 3.05) is 23.3 Å². The van der Waals surface area contributed by atoms with Crippen LogP contribution in [0.3, 0.4) is 0 Å². The Morgan fingerprint density at radius 1 is 1.47 bits per heavy atom. The molecule has 3 rings (SSSR count). The summed E-state index contributed by atoms with van der Waals surface area (Å²) in [5.41, 5.74) is 3.65. The highest BCUT2D eigenvalue weighted by Crippen LogP contribution is 2.41. The van der Waals surface area contributed by atoms with Gasteiger partial charge in [0.1, 0.15) is 0 Å². The zero-order valence-corrected chi connectivity index (χ0v) is 9.64. The highest BCUT2D eigenvalue weighted by Gasteiger charge is 2.31. The molecule has 2 aliphatic heterocycles. The molecule has 3 heteroatoms. The lowest BCUT2D eigenvalue weighted by atomic mass is 10.1. The number of aryl methyl sites for hydroxylation is 1. The van der Waals surface area contributed by atoms with E-state index in [1.54, 1.807) is 0 Å². The lowest BCUT2D eigenvalue weighted by Crippen LogP contribution is -2.39. The number of rotatable bonds is 0. The summed E-state index contributed by atoms with van der Waals surface area (Å²) < 4.78 is 0. The SMILES string of the molecule is Cc1cc(Cl)c2c(c1)NCC1CCCN21. The van der Waals surface area contributed by atoms with Crippen LogP contribution in [-0.2, 0) is 0 Å². The van der Waals surface area contributed by atoms with Gasteiger partial charge in [0.05, 0.1) is 16.4 Å². The van der Waals surface area contributed by atoms with Gasteiger partial charge in [-0.15, -0.1) is 0 Å². The second kappa shape index (κ2) is 3.31. The molecule has 1 aromatic rings. The number of fused-ring (bicyclic) bond motifs is 3. The largest absolute Gasteiger partial charge is 0.381 e. The van der Waals surface area contributed by atoms with Crippen molar-refractivity contribution in [1.29, 1.82) is 0 Å². The van der Waals surface area contributed by atoms with Gasteiger partial charge in [0.15, 0.2) is 0 Å². The molecule has 0 aliphatic carbocycles. The van der Waals surface area contributed by atoms with Crippen molar-refractivity contribution in [2.24, 2.45) is 0 Å². The minimum Gasteiger partial charge on any atom is -0.381 e. The summed E-state index contributed by atoms with van der Waals surface area (Å²) >= 11 is 6.33. The molecule has 1 aromatic carbocycles. The molecule has 1 atom stereocenters. The third kappa shape index (κ3) is 1.39. The topological polar surface area (TPSA) is 15.3 Å². The Kier molecular flexibility index (Phi) is 2.06. The Morgan fingerprint density at radius 2 is 2.33 bits per heavy atom. The fourth-order valence-corrected chi connectivity index (χ4v) is 3.11. The molecule has 1 N–H and O–H groups in total. The number of hydrogen-bond donors (Lipinski definition) is 1. The van der Waals surface area contributed by atoms with Crippen LogP contribution in [0.4, 0.5) is 11.4 Å². The Bertz CT molecular complexity index is 403. The minimum atomic E-state index is 0.651. The summed E-state index contributed by atoms with van der Waals surface area (Å²) in [6.07, 6.45) is 2.58. The summed E-state index contributed by atoms with van der Waals surface area (Å²) in [6.45, 7) is 4.30. The molecular weight excluding hydrogens is 208 g/mol. The first kappa shape index (κ1) is 9.34. The second-order valence-electron chi connectivity index (χ2n) is 4.51. The Hall–Kier alpha value is -0.890. The zero-order valence-electron chi connectivity index (χ0n) is 8.89. The van der Waals surface area contributed by atoms with Gasteiger partial charge < -0.3 is 10.2 Å². The van der Waals surface area contributed by atoms with Crippen LogP contribution in [0.2, 0.25) is 5.02 Å². The lowest BCUT2D eigenvalue weighted by molar-refractivity contribution is 0.683. The van der Waals surface area contributed by atoms with E-state index in [9.17, 15) is 0 Å². The fraction of sp³-hybridized carbons (Fsp3) is 0.500. The van der Waals surface area contributed by atoms with E-state index in [0.29, 0.717) is 6.04 Å². The van der Waals surface area contributed by atoms with Gasteiger partial charge in [0, 0.05) is 19.1 Å². The van der Waals surface area contributed by atoms with E-state index in [1.165, 1.54) is 29.8 Å². The quantitative estimate of drug-likeness (QED) is 0.726. The smallest absolute Gasteiger partial charge is 0.0794 e. The van der Waals surface area contributed by atoms with Crippen LogP contribution in [-0.4, -0.2) is 19.1 Å². The maximum Gasteiger partial charge on any atom is 0.0794 e. The number of halogens is 1. The third-order valence-electron chi connectivity index (χ3n) is 3.40. The van der Waals surface area contributed by atoms with Crippen molar-refractivity contribution < 1.29 is 0 Å². The van der Waals surface area contributed by atoms with E-state index in [4.69, 9.17) is 11.6 Å². The van der Waals surface area contributed by atoms with Crippen molar-refractivity contribution in [3.8, 4) is 0 Å². The van der Waals surface area contributed by atoms with Crippen LogP contribution in [0, 0.1) is 6.92 Å². The first-order chi connectivity index (χ1) is 7.25. The Labute approximate surface area is 95.2 Å². The van der Waals surface area contributed by atoms with Crippen LogP contribution < -0.4 is 10.2 Å². The Morgan fingerprint density at radius 3 is 3.20 bits per heavy atom. The van der Waals surface area contributed by atoms with Crippen LogP contribution >= 0.6 is 11.6 Å². The van der Waals surface area contributed by atoms with Gasteiger partial charge in [-0.25, -0.2) is 0 Å². The maximum absolute atomic E-state index is 6.33. The summed E-state index contributed by atoms with van der Waals surface area (Å²) in [5.74, 6) is 0. The standard InChI is InChI=1S/C12H15ClN2/c1-8-5-10(13)12-11(6-8)14-7-9-3-2-4-15(9)12/h5-6,9,14H,2-4,7H2,1H3. The van der Waals surface area contributed by atoms with Crippen LogP contribution in [0.5, 0.6) is 0 Å². The van der Waals surface area contributed by atoms with Crippen LogP contribution in [0.1, 0.15) is 18.4 Å². The molecule has 0 radical (unpaired) electrons. The summed E-state index contributed by atoms with van der Waals surface area (Å²) in [7, 11) is 0. The molecule has 0 saturated carbocycles. The van der Waals surface area contributed by atoms with Gasteiger partial charge in [0.25, 0.3) is 0 Å². The molecule has 0 bridgehead atoms. The van der Waals surface area contributed by atoms with Crippen molar-refractivity contribution in [3.05, 3.63) is 22.7 Å². The van der Waals surface area contributed by atoms with Crippen molar-refractivity contribution in [2.45, 2.75) is 25.8 Å². The van der Waals surface area contributed by atoms with E-state index >= 15 is 0 Å². The van der Waals surface area contributed by atoms with E-state index in [-0.39, 0.29) is 0 Å². The van der Waals surface area contributed by atoms with Crippen molar-refractivity contribution >= 4 is 23.0 Å². The molecule has 80 valence electrons. The second-order valence-corrected chi connectivity index (χ2v) is 4.92. The van der Waals surface area contributed by atoms with Crippen molar-refractivity contribution in [1.82, 2.24) is 0 Å². The minimum absolute atomic E-state index is 0.651. The average molecular weight is 223 g/mol. The Balaban J connectivity index is 2.12. The first-order valence-corrected chi connectivity index (χ1v) is 5.94. The van der Waals surface area contributed by atoms with Gasteiger partial charge in [-0.1, -0.05) is 11.6 Å². The number of nitrogens with zero attached hydrogens (tertiary/aromatic N) is 1. The van der Waals surface area contributed by atoms with Gasteiger partial charge in [-0.05, 0) is 37.5 Å².